The van der Waals surface area contributed by atoms with E-state index in [4.69, 9.17) is 11.0 Å². The Balaban J connectivity index is 2.60. The van der Waals surface area contributed by atoms with Crippen molar-refractivity contribution < 1.29 is 0 Å². The highest BCUT2D eigenvalue weighted by Crippen LogP contribution is 2.40. The molecule has 3 nitrogen and oxygen atoms in total. The van der Waals surface area contributed by atoms with Gasteiger partial charge in [-0.25, -0.2) is 0 Å². The van der Waals surface area contributed by atoms with Crippen LogP contribution in [0.1, 0.15) is 16.9 Å². The van der Waals surface area contributed by atoms with Crippen molar-refractivity contribution in [3.8, 4) is 6.07 Å². The second kappa shape index (κ2) is 2.93. The molecule has 1 aromatic heterocycles. The summed E-state index contributed by atoms with van der Waals surface area (Å²) in [6.07, 6.45) is 2.23. The molecule has 0 bridgehead atoms. The van der Waals surface area contributed by atoms with Crippen LogP contribution in [0.4, 0.5) is 10.7 Å². The molecule has 0 radical (unpaired) electrons. The molecular weight excluding hydrogens is 182 g/mol. The van der Waals surface area contributed by atoms with Crippen LogP contribution in [0, 0.1) is 11.3 Å². The average Bonchev–Trinajstić information content (AvgIpc) is 2.42. The normalized spacial score (nSPS) is 15.2. The summed E-state index contributed by atoms with van der Waals surface area (Å²) in [5.74, 6) is 0. The van der Waals surface area contributed by atoms with Gasteiger partial charge in [0.15, 0.2) is 0 Å². The Morgan fingerprint density at radius 3 is 3.08 bits per heavy atom. The lowest BCUT2D eigenvalue weighted by Crippen LogP contribution is -2.24. The minimum Gasteiger partial charge on any atom is -0.389 e. The highest BCUT2D eigenvalue weighted by atomic mass is 32.1. The van der Waals surface area contributed by atoms with Gasteiger partial charge in [0.2, 0.25) is 0 Å². The molecular formula is C9H11N3S. The Hall–Kier alpha value is -1.21. The van der Waals surface area contributed by atoms with Crippen molar-refractivity contribution in [1.29, 1.82) is 5.26 Å². The predicted molar refractivity (Wildman–Crippen MR) is 55.0 cm³/mol. The fourth-order valence-electron chi connectivity index (χ4n) is 1.76. The lowest BCUT2D eigenvalue weighted by atomic mass is 10.1. The lowest BCUT2D eigenvalue weighted by Gasteiger charge is -2.24. The topological polar surface area (TPSA) is 53.0 Å². The van der Waals surface area contributed by atoms with Crippen LogP contribution in [-0.4, -0.2) is 13.6 Å². The Labute approximate surface area is 81.4 Å². The predicted octanol–water partition coefficient (Wildman–Crippen LogP) is 1.58. The fourth-order valence-corrected chi connectivity index (χ4v) is 2.87. The van der Waals surface area contributed by atoms with Crippen molar-refractivity contribution in [2.24, 2.45) is 0 Å². The quantitative estimate of drug-likeness (QED) is 0.680. The van der Waals surface area contributed by atoms with E-state index in [0.717, 1.165) is 25.1 Å². The van der Waals surface area contributed by atoms with Crippen LogP contribution >= 0.6 is 11.3 Å². The minimum absolute atomic E-state index is 0.668. The monoisotopic (exact) mass is 193 g/mol. The summed E-state index contributed by atoms with van der Waals surface area (Å²) >= 11 is 1.56. The smallest absolute Gasteiger partial charge is 0.110 e. The third-order valence-electron chi connectivity index (χ3n) is 2.37. The van der Waals surface area contributed by atoms with E-state index >= 15 is 0 Å². The molecule has 0 amide bonds. The van der Waals surface area contributed by atoms with Gasteiger partial charge in [-0.05, 0) is 12.8 Å². The first-order chi connectivity index (χ1) is 6.24. The Morgan fingerprint density at radius 1 is 1.62 bits per heavy atom. The lowest BCUT2D eigenvalue weighted by molar-refractivity contribution is 0.755. The first kappa shape index (κ1) is 8.39. The average molecular weight is 193 g/mol. The molecule has 1 aliphatic rings. The fraction of sp³-hybridized carbons (Fsp3) is 0.444. The number of thiophene rings is 1. The second-order valence-corrected chi connectivity index (χ2v) is 4.39. The van der Waals surface area contributed by atoms with Gasteiger partial charge >= 0.3 is 0 Å². The summed E-state index contributed by atoms with van der Waals surface area (Å²) in [5, 5.41) is 9.60. The molecule has 0 spiro atoms. The summed E-state index contributed by atoms with van der Waals surface area (Å²) in [7, 11) is 2.02. The first-order valence-corrected chi connectivity index (χ1v) is 5.08. The molecule has 1 aliphatic heterocycles. The van der Waals surface area contributed by atoms with Gasteiger partial charge in [0.1, 0.15) is 16.6 Å². The first-order valence-electron chi connectivity index (χ1n) is 4.26. The minimum atomic E-state index is 0.668. The molecule has 0 aromatic carbocycles. The van der Waals surface area contributed by atoms with Crippen LogP contribution in [0.3, 0.4) is 0 Å². The Morgan fingerprint density at radius 2 is 2.38 bits per heavy atom. The van der Waals surface area contributed by atoms with E-state index in [0.29, 0.717) is 10.6 Å². The molecule has 0 aliphatic carbocycles. The molecule has 68 valence electrons. The molecule has 13 heavy (non-hydrogen) atoms. The maximum absolute atomic E-state index is 8.93. The van der Waals surface area contributed by atoms with Crippen molar-refractivity contribution in [1.82, 2.24) is 0 Å². The van der Waals surface area contributed by atoms with Crippen molar-refractivity contribution in [2.45, 2.75) is 12.8 Å². The van der Waals surface area contributed by atoms with Crippen LogP contribution in [0.2, 0.25) is 0 Å². The zero-order valence-electron chi connectivity index (χ0n) is 7.50. The summed E-state index contributed by atoms with van der Waals surface area (Å²) in [4.78, 5) is 3.40. The van der Waals surface area contributed by atoms with Gasteiger partial charge in [0.25, 0.3) is 0 Å². The summed E-state index contributed by atoms with van der Waals surface area (Å²) in [5.41, 5.74) is 7.50. The van der Waals surface area contributed by atoms with Crippen molar-refractivity contribution >= 4 is 22.0 Å². The third-order valence-corrected chi connectivity index (χ3v) is 3.44. The highest BCUT2D eigenvalue weighted by Gasteiger charge is 2.22. The van der Waals surface area contributed by atoms with Gasteiger partial charge in [-0.3, -0.25) is 0 Å². The molecule has 4 heteroatoms. The molecule has 0 saturated heterocycles. The maximum Gasteiger partial charge on any atom is 0.110 e. The molecule has 1 aromatic rings. The number of rotatable bonds is 0. The van der Waals surface area contributed by atoms with E-state index in [1.807, 2.05) is 7.05 Å². The van der Waals surface area contributed by atoms with E-state index < -0.39 is 0 Å². The van der Waals surface area contributed by atoms with Crippen LogP contribution < -0.4 is 10.6 Å². The number of fused-ring (bicyclic) bond motifs is 1. The molecule has 0 atom stereocenters. The number of aryl methyl sites for hydroxylation is 1. The number of nitrogens with two attached hydrogens (primary N) is 1. The van der Waals surface area contributed by atoms with Crippen LogP contribution in [0.15, 0.2) is 0 Å². The van der Waals surface area contributed by atoms with Crippen molar-refractivity contribution in [2.75, 3.05) is 24.2 Å². The summed E-state index contributed by atoms with van der Waals surface area (Å²) < 4.78 is 0. The summed E-state index contributed by atoms with van der Waals surface area (Å²) in [6.45, 7) is 1.03. The molecule has 2 rings (SSSR count). The molecule has 2 heterocycles. The number of nitrogen functional groups attached to an aromatic ring is 1. The van der Waals surface area contributed by atoms with E-state index in [-0.39, 0.29) is 0 Å². The van der Waals surface area contributed by atoms with E-state index in [2.05, 4.69) is 11.0 Å². The van der Waals surface area contributed by atoms with Gasteiger partial charge in [-0.2, -0.15) is 5.26 Å². The number of anilines is 2. The van der Waals surface area contributed by atoms with Crippen molar-refractivity contribution in [3.63, 3.8) is 0 Å². The van der Waals surface area contributed by atoms with Gasteiger partial charge in [-0.1, -0.05) is 0 Å². The largest absolute Gasteiger partial charge is 0.389 e. The van der Waals surface area contributed by atoms with E-state index in [1.54, 1.807) is 11.3 Å². The second-order valence-electron chi connectivity index (χ2n) is 3.25. The van der Waals surface area contributed by atoms with Gasteiger partial charge in [-0.15, -0.1) is 11.3 Å². The highest BCUT2D eigenvalue weighted by molar-refractivity contribution is 7.16. The number of nitriles is 1. The van der Waals surface area contributed by atoms with Crippen LogP contribution in [-0.2, 0) is 6.42 Å². The van der Waals surface area contributed by atoms with Crippen LogP contribution in [0.5, 0.6) is 0 Å². The SMILES string of the molecule is CN1CCCc2sc(N)c(C#N)c21. The molecule has 0 unspecified atom stereocenters. The van der Waals surface area contributed by atoms with Crippen molar-refractivity contribution in [3.05, 3.63) is 10.4 Å². The third kappa shape index (κ3) is 1.16. The zero-order chi connectivity index (χ0) is 9.42. The van der Waals surface area contributed by atoms with Gasteiger partial charge in [0, 0.05) is 18.5 Å². The van der Waals surface area contributed by atoms with Crippen LogP contribution in [0.25, 0.3) is 0 Å². The maximum atomic E-state index is 8.93. The van der Waals surface area contributed by atoms with E-state index in [9.17, 15) is 0 Å². The number of hydrogen-bond acceptors (Lipinski definition) is 4. The number of nitrogens with zero attached hydrogens (tertiary/aromatic N) is 2. The van der Waals surface area contributed by atoms with Gasteiger partial charge < -0.3 is 10.6 Å². The summed E-state index contributed by atoms with van der Waals surface area (Å²) in [6, 6.07) is 2.18. The standard InChI is InChI=1S/C9H11N3S/c1-12-4-2-3-7-8(12)6(5-10)9(11)13-7/h2-4,11H2,1H3. The molecule has 0 saturated carbocycles. The van der Waals surface area contributed by atoms with E-state index in [1.165, 1.54) is 4.88 Å². The molecule has 2 N–H and O–H groups in total. The number of hydrogen-bond donors (Lipinski definition) is 1. The van der Waals surface area contributed by atoms with Gasteiger partial charge in [0.05, 0.1) is 5.69 Å². The Bertz CT molecular complexity index is 375. The zero-order valence-corrected chi connectivity index (χ0v) is 8.32. The Kier molecular flexibility index (Phi) is 1.89. The molecule has 0 fully saturated rings.